The molecule has 1 fully saturated rings. The zero-order valence-corrected chi connectivity index (χ0v) is 13.9. The van der Waals surface area contributed by atoms with Crippen LogP contribution in [0, 0.1) is 17.5 Å². The topological polar surface area (TPSA) is 29.5 Å². The van der Waals surface area contributed by atoms with E-state index in [9.17, 15) is 18.0 Å². The number of carbonyl (C=O) groups excluding carboxylic acids is 1. The van der Waals surface area contributed by atoms with E-state index in [1.807, 2.05) is 44.2 Å². The fourth-order valence-electron chi connectivity index (χ4n) is 2.91. The number of hydrogen-bond acceptors (Lipinski definition) is 2. The normalized spacial score (nSPS) is 19.7. The summed E-state index contributed by atoms with van der Waals surface area (Å²) in [5.41, 5.74) is 0.0226. The first-order valence-corrected chi connectivity index (χ1v) is 7.92. The molecule has 3 nitrogen and oxygen atoms in total. The van der Waals surface area contributed by atoms with Crippen LogP contribution in [0.1, 0.15) is 35.9 Å². The Morgan fingerprint density at radius 3 is 2.32 bits per heavy atom. The largest absolute Gasteiger partial charge is 0.369 e. The molecular weight excluding hydrogens is 331 g/mol. The van der Waals surface area contributed by atoms with Gasteiger partial charge in [0, 0.05) is 5.56 Å². The Hall–Kier alpha value is -2.34. The fraction of sp³-hybridized carbons (Fsp3) is 0.316. The monoisotopic (exact) mass is 349 g/mol. The van der Waals surface area contributed by atoms with Crippen LogP contribution in [-0.4, -0.2) is 29.5 Å². The minimum atomic E-state index is -1.58. The molecule has 1 saturated heterocycles. The number of amides is 1. The van der Waals surface area contributed by atoms with Gasteiger partial charge in [0.25, 0.3) is 5.91 Å². The van der Waals surface area contributed by atoms with Crippen molar-refractivity contribution in [3.05, 3.63) is 71.0 Å². The highest BCUT2D eigenvalue weighted by atomic mass is 19.2. The Balaban J connectivity index is 1.91. The van der Waals surface area contributed by atoms with E-state index in [4.69, 9.17) is 4.74 Å². The molecule has 2 aromatic rings. The summed E-state index contributed by atoms with van der Waals surface area (Å²) >= 11 is 0. The van der Waals surface area contributed by atoms with Crippen molar-refractivity contribution < 1.29 is 22.7 Å². The van der Waals surface area contributed by atoms with Crippen LogP contribution in [0.5, 0.6) is 0 Å². The second-order valence-corrected chi connectivity index (χ2v) is 6.69. The van der Waals surface area contributed by atoms with Crippen molar-refractivity contribution in [1.29, 1.82) is 0 Å². The number of benzene rings is 2. The second-order valence-electron chi connectivity index (χ2n) is 6.69. The Morgan fingerprint density at radius 2 is 1.72 bits per heavy atom. The smallest absolute Gasteiger partial charge is 0.254 e. The van der Waals surface area contributed by atoms with E-state index in [-0.39, 0.29) is 24.8 Å². The van der Waals surface area contributed by atoms with Crippen LogP contribution < -0.4 is 0 Å². The summed E-state index contributed by atoms with van der Waals surface area (Å²) in [5.74, 6) is -4.91. The number of morpholine rings is 1. The molecule has 0 bridgehead atoms. The van der Waals surface area contributed by atoms with Crippen molar-refractivity contribution in [1.82, 2.24) is 4.90 Å². The number of halogens is 3. The van der Waals surface area contributed by atoms with Crippen molar-refractivity contribution in [3.63, 3.8) is 0 Å². The molecule has 0 radical (unpaired) electrons. The summed E-state index contributed by atoms with van der Waals surface area (Å²) < 4.78 is 46.0. The lowest BCUT2D eigenvalue weighted by atomic mass is 9.96. The summed E-state index contributed by atoms with van der Waals surface area (Å²) in [5, 5.41) is 0. The molecule has 132 valence electrons. The summed E-state index contributed by atoms with van der Waals surface area (Å²) in [6.45, 7) is 4.12. The van der Waals surface area contributed by atoms with Crippen LogP contribution in [0.3, 0.4) is 0 Å². The quantitative estimate of drug-likeness (QED) is 0.764. The third-order valence-corrected chi connectivity index (χ3v) is 4.36. The molecule has 1 aliphatic heterocycles. The zero-order chi connectivity index (χ0) is 18.2. The molecule has 6 heteroatoms. The molecule has 0 aromatic heterocycles. The summed E-state index contributed by atoms with van der Waals surface area (Å²) in [6.07, 6.45) is -0.340. The van der Waals surface area contributed by atoms with Gasteiger partial charge in [0.1, 0.15) is 6.10 Å². The van der Waals surface area contributed by atoms with Crippen molar-refractivity contribution in [3.8, 4) is 0 Å². The number of hydrogen-bond donors (Lipinski definition) is 0. The lowest BCUT2D eigenvalue weighted by molar-refractivity contribution is -0.0846. The fourth-order valence-corrected chi connectivity index (χ4v) is 2.91. The highest BCUT2D eigenvalue weighted by molar-refractivity contribution is 5.94. The first-order valence-electron chi connectivity index (χ1n) is 7.92. The first-order chi connectivity index (χ1) is 11.8. The number of nitrogens with zero attached hydrogens (tertiary/aromatic N) is 1. The Bertz CT molecular complexity index is 770. The molecule has 0 N–H and O–H groups in total. The molecule has 25 heavy (non-hydrogen) atoms. The lowest BCUT2D eigenvalue weighted by Gasteiger charge is -2.45. The first kappa shape index (κ1) is 17.5. The van der Waals surface area contributed by atoms with E-state index in [1.165, 1.54) is 4.90 Å². The highest BCUT2D eigenvalue weighted by Gasteiger charge is 2.39. The van der Waals surface area contributed by atoms with Crippen LogP contribution >= 0.6 is 0 Å². The van der Waals surface area contributed by atoms with Gasteiger partial charge >= 0.3 is 0 Å². The van der Waals surface area contributed by atoms with Gasteiger partial charge in [0.2, 0.25) is 0 Å². The van der Waals surface area contributed by atoms with Crippen LogP contribution in [0.15, 0.2) is 42.5 Å². The van der Waals surface area contributed by atoms with Crippen LogP contribution in [0.25, 0.3) is 0 Å². The van der Waals surface area contributed by atoms with Gasteiger partial charge in [0.05, 0.1) is 18.7 Å². The minimum absolute atomic E-state index is 0.224. The van der Waals surface area contributed by atoms with Gasteiger partial charge in [-0.3, -0.25) is 4.79 Å². The molecule has 1 unspecified atom stereocenters. The van der Waals surface area contributed by atoms with Gasteiger partial charge < -0.3 is 9.64 Å². The van der Waals surface area contributed by atoms with Crippen molar-refractivity contribution in [2.75, 3.05) is 13.2 Å². The average molecular weight is 349 g/mol. The number of carbonyl (C=O) groups is 1. The van der Waals surface area contributed by atoms with E-state index in [0.29, 0.717) is 0 Å². The highest BCUT2D eigenvalue weighted by Crippen LogP contribution is 2.31. The maximum atomic E-state index is 13.5. The van der Waals surface area contributed by atoms with E-state index in [2.05, 4.69) is 0 Å². The predicted molar refractivity (Wildman–Crippen MR) is 86.6 cm³/mol. The maximum absolute atomic E-state index is 13.5. The lowest BCUT2D eigenvalue weighted by Crippen LogP contribution is -2.56. The third-order valence-electron chi connectivity index (χ3n) is 4.36. The van der Waals surface area contributed by atoms with E-state index < -0.39 is 28.9 Å². The van der Waals surface area contributed by atoms with Gasteiger partial charge in [-0.2, -0.15) is 0 Å². The zero-order valence-electron chi connectivity index (χ0n) is 13.9. The average Bonchev–Trinajstić information content (AvgIpc) is 2.59. The summed E-state index contributed by atoms with van der Waals surface area (Å²) in [4.78, 5) is 14.3. The molecule has 1 atom stereocenters. The molecule has 1 amide bonds. The Morgan fingerprint density at radius 1 is 1.12 bits per heavy atom. The molecular formula is C19H18F3NO2. The van der Waals surface area contributed by atoms with Gasteiger partial charge in [-0.1, -0.05) is 30.3 Å². The predicted octanol–water partition coefficient (Wildman–Crippen LogP) is 4.10. The van der Waals surface area contributed by atoms with Crippen molar-refractivity contribution >= 4 is 5.91 Å². The molecule has 0 aliphatic carbocycles. The maximum Gasteiger partial charge on any atom is 0.254 e. The molecule has 2 aromatic carbocycles. The minimum Gasteiger partial charge on any atom is -0.369 e. The second kappa shape index (κ2) is 6.52. The number of ether oxygens (including phenoxy) is 1. The van der Waals surface area contributed by atoms with E-state index in [1.54, 1.807) is 0 Å². The van der Waals surface area contributed by atoms with Gasteiger partial charge in [0.15, 0.2) is 17.5 Å². The van der Waals surface area contributed by atoms with Crippen molar-refractivity contribution in [2.24, 2.45) is 0 Å². The van der Waals surface area contributed by atoms with E-state index in [0.717, 1.165) is 17.7 Å². The molecule has 1 heterocycles. The van der Waals surface area contributed by atoms with Gasteiger partial charge in [-0.25, -0.2) is 13.2 Å². The van der Waals surface area contributed by atoms with E-state index >= 15 is 0 Å². The molecule has 1 aliphatic rings. The number of rotatable bonds is 2. The van der Waals surface area contributed by atoms with Crippen molar-refractivity contribution in [2.45, 2.75) is 25.5 Å². The Labute approximate surface area is 144 Å². The third kappa shape index (κ3) is 3.39. The van der Waals surface area contributed by atoms with Crippen LogP contribution in [0.2, 0.25) is 0 Å². The molecule has 3 rings (SSSR count). The molecule has 0 saturated carbocycles. The van der Waals surface area contributed by atoms with Gasteiger partial charge in [-0.05, 0) is 31.5 Å². The van der Waals surface area contributed by atoms with Gasteiger partial charge in [-0.15, -0.1) is 0 Å². The SMILES string of the molecule is CC1(C)COC(c2ccccc2)CN1C(=O)c1cc(F)c(F)c(F)c1. The summed E-state index contributed by atoms with van der Waals surface area (Å²) in [6, 6.07) is 10.9. The standard InChI is InChI=1S/C19H18F3NO2/c1-19(2)11-25-16(12-6-4-3-5-7-12)10-23(19)18(24)13-8-14(20)17(22)15(21)9-13/h3-9,16H,10-11H2,1-2H3. The van der Waals surface area contributed by atoms with Crippen LogP contribution in [0.4, 0.5) is 13.2 Å². The Kier molecular flexibility index (Phi) is 4.56. The van der Waals surface area contributed by atoms with Crippen LogP contribution in [-0.2, 0) is 4.74 Å². The summed E-state index contributed by atoms with van der Waals surface area (Å²) in [7, 11) is 0. The molecule has 0 spiro atoms.